The molecule has 2 atom stereocenters. The van der Waals surface area contributed by atoms with Crippen molar-refractivity contribution < 1.29 is 22.8 Å². The van der Waals surface area contributed by atoms with Crippen molar-refractivity contribution in [3.63, 3.8) is 0 Å². The number of halogens is 3. The van der Waals surface area contributed by atoms with Crippen molar-refractivity contribution in [2.75, 3.05) is 26.2 Å². The summed E-state index contributed by atoms with van der Waals surface area (Å²) < 4.78 is 37.9. The molecule has 5 nitrogen and oxygen atoms in total. The van der Waals surface area contributed by atoms with Crippen molar-refractivity contribution in [1.82, 2.24) is 9.80 Å². The van der Waals surface area contributed by atoms with E-state index >= 15 is 0 Å². The Morgan fingerprint density at radius 1 is 1.00 bits per heavy atom. The SMILES string of the molecule is N[C@@H]1CCC[C@H]1CC(=O)N1CCN(C(=O)c2ccc(C(F)(F)F)cc2)CC1. The third-order valence-corrected chi connectivity index (χ3v) is 5.53. The van der Waals surface area contributed by atoms with Crippen LogP contribution in [0, 0.1) is 5.92 Å². The summed E-state index contributed by atoms with van der Waals surface area (Å²) in [6.07, 6.45) is -0.954. The van der Waals surface area contributed by atoms with Crippen molar-refractivity contribution in [1.29, 1.82) is 0 Å². The summed E-state index contributed by atoms with van der Waals surface area (Å²) in [6, 6.07) is 4.32. The summed E-state index contributed by atoms with van der Waals surface area (Å²) in [4.78, 5) is 28.3. The number of carbonyl (C=O) groups excluding carboxylic acids is 2. The first kappa shape index (κ1) is 19.7. The Morgan fingerprint density at radius 3 is 2.11 bits per heavy atom. The maximum absolute atomic E-state index is 12.6. The average molecular weight is 383 g/mol. The number of carbonyl (C=O) groups is 2. The van der Waals surface area contributed by atoms with Gasteiger partial charge in [0, 0.05) is 44.2 Å². The molecule has 0 spiro atoms. The largest absolute Gasteiger partial charge is 0.416 e. The molecule has 8 heteroatoms. The van der Waals surface area contributed by atoms with E-state index in [-0.39, 0.29) is 29.3 Å². The van der Waals surface area contributed by atoms with E-state index in [4.69, 9.17) is 5.73 Å². The lowest BCUT2D eigenvalue weighted by atomic mass is 9.99. The molecule has 148 valence electrons. The molecule has 1 aromatic rings. The molecule has 2 aliphatic rings. The number of hydrogen-bond donors (Lipinski definition) is 1. The molecule has 1 aliphatic carbocycles. The highest BCUT2D eigenvalue weighted by Gasteiger charge is 2.32. The lowest BCUT2D eigenvalue weighted by Crippen LogP contribution is -2.51. The van der Waals surface area contributed by atoms with Crippen LogP contribution in [0.25, 0.3) is 0 Å². The highest BCUT2D eigenvalue weighted by molar-refractivity contribution is 5.94. The zero-order valence-electron chi connectivity index (χ0n) is 15.0. The summed E-state index contributed by atoms with van der Waals surface area (Å²) in [6.45, 7) is 1.63. The number of benzene rings is 1. The van der Waals surface area contributed by atoms with E-state index < -0.39 is 11.7 Å². The minimum absolute atomic E-state index is 0.0685. The topological polar surface area (TPSA) is 66.6 Å². The van der Waals surface area contributed by atoms with Crippen molar-refractivity contribution in [2.24, 2.45) is 11.7 Å². The number of alkyl halides is 3. The molecule has 1 aliphatic heterocycles. The third-order valence-electron chi connectivity index (χ3n) is 5.53. The van der Waals surface area contributed by atoms with E-state index in [2.05, 4.69) is 0 Å². The van der Waals surface area contributed by atoms with Gasteiger partial charge in [-0.2, -0.15) is 13.2 Å². The molecule has 27 heavy (non-hydrogen) atoms. The molecular formula is C19H24F3N3O2. The molecule has 0 bridgehead atoms. The first-order valence-corrected chi connectivity index (χ1v) is 9.25. The molecule has 0 radical (unpaired) electrons. The van der Waals surface area contributed by atoms with Crippen molar-refractivity contribution in [3.8, 4) is 0 Å². The summed E-state index contributed by atoms with van der Waals surface area (Å²) in [7, 11) is 0. The van der Waals surface area contributed by atoms with E-state index in [9.17, 15) is 22.8 Å². The van der Waals surface area contributed by atoms with Crippen molar-refractivity contribution in [3.05, 3.63) is 35.4 Å². The van der Waals surface area contributed by atoms with Crippen LogP contribution in [0.3, 0.4) is 0 Å². The standard InChI is InChI=1S/C19H24F3N3O2/c20-19(21,22)15-6-4-13(5-7-15)18(27)25-10-8-24(9-11-25)17(26)12-14-2-1-3-16(14)23/h4-7,14,16H,1-3,8-12,23H2/t14-,16+/m0/s1. The van der Waals surface area contributed by atoms with Crippen molar-refractivity contribution >= 4 is 11.8 Å². The molecule has 3 rings (SSSR count). The number of nitrogens with zero attached hydrogens (tertiary/aromatic N) is 2. The molecule has 1 aromatic carbocycles. The Morgan fingerprint density at radius 2 is 1.59 bits per heavy atom. The predicted octanol–water partition coefficient (Wildman–Crippen LogP) is 2.51. The minimum atomic E-state index is -4.42. The maximum Gasteiger partial charge on any atom is 0.416 e. The van der Waals surface area contributed by atoms with Gasteiger partial charge < -0.3 is 15.5 Å². The second-order valence-electron chi connectivity index (χ2n) is 7.31. The van der Waals surface area contributed by atoms with Gasteiger partial charge in [-0.25, -0.2) is 0 Å². The summed E-state index contributed by atoms with van der Waals surface area (Å²) in [5, 5.41) is 0. The zero-order valence-corrected chi connectivity index (χ0v) is 15.0. The highest BCUT2D eigenvalue weighted by atomic mass is 19.4. The third kappa shape index (κ3) is 4.61. The molecule has 2 N–H and O–H groups in total. The second kappa shape index (κ2) is 7.88. The van der Waals surface area contributed by atoms with Crippen LogP contribution in [0.2, 0.25) is 0 Å². The zero-order chi connectivity index (χ0) is 19.6. The number of hydrogen-bond acceptors (Lipinski definition) is 3. The minimum Gasteiger partial charge on any atom is -0.339 e. The molecule has 1 saturated heterocycles. The van der Waals surface area contributed by atoms with Crippen LogP contribution in [-0.2, 0) is 11.0 Å². The Hall–Kier alpha value is -2.09. The van der Waals surface area contributed by atoms with Gasteiger partial charge in [0.05, 0.1) is 5.56 Å². The predicted molar refractivity (Wildman–Crippen MR) is 93.9 cm³/mol. The Balaban J connectivity index is 1.52. The van der Waals surface area contributed by atoms with E-state index in [1.807, 2.05) is 0 Å². The molecule has 0 aromatic heterocycles. The summed E-state index contributed by atoms with van der Waals surface area (Å²) >= 11 is 0. The normalized spacial score (nSPS) is 23.6. The molecule has 1 heterocycles. The van der Waals surface area contributed by atoms with E-state index in [0.717, 1.165) is 31.4 Å². The monoisotopic (exact) mass is 383 g/mol. The van der Waals surface area contributed by atoms with Gasteiger partial charge in [-0.15, -0.1) is 0 Å². The lowest BCUT2D eigenvalue weighted by molar-refractivity contribution is -0.137. The Bertz CT molecular complexity index is 682. The van der Waals surface area contributed by atoms with Gasteiger partial charge in [0.25, 0.3) is 5.91 Å². The van der Waals surface area contributed by atoms with Crippen LogP contribution in [0.1, 0.15) is 41.6 Å². The van der Waals surface area contributed by atoms with E-state index in [1.165, 1.54) is 12.1 Å². The fourth-order valence-corrected chi connectivity index (χ4v) is 3.82. The van der Waals surface area contributed by atoms with E-state index in [0.29, 0.717) is 32.6 Å². The summed E-state index contributed by atoms with van der Waals surface area (Å²) in [5.74, 6) is -0.00285. The van der Waals surface area contributed by atoms with Gasteiger partial charge in [-0.3, -0.25) is 9.59 Å². The van der Waals surface area contributed by atoms with Crippen LogP contribution in [0.4, 0.5) is 13.2 Å². The average Bonchev–Trinajstić information content (AvgIpc) is 3.05. The number of rotatable bonds is 3. The van der Waals surface area contributed by atoms with Crippen molar-refractivity contribution in [2.45, 2.75) is 37.9 Å². The van der Waals surface area contributed by atoms with Gasteiger partial charge in [0.2, 0.25) is 5.91 Å². The number of piperazine rings is 1. The molecule has 1 saturated carbocycles. The number of amides is 2. The van der Waals surface area contributed by atoms with Gasteiger partial charge in [0.15, 0.2) is 0 Å². The number of nitrogens with two attached hydrogens (primary N) is 1. The first-order chi connectivity index (χ1) is 12.8. The summed E-state index contributed by atoms with van der Waals surface area (Å²) in [5.41, 5.74) is 5.47. The smallest absolute Gasteiger partial charge is 0.339 e. The fraction of sp³-hybridized carbons (Fsp3) is 0.579. The van der Waals surface area contributed by atoms with Gasteiger partial charge >= 0.3 is 6.18 Å². The second-order valence-corrected chi connectivity index (χ2v) is 7.31. The van der Waals surface area contributed by atoms with Gasteiger partial charge in [0.1, 0.15) is 0 Å². The fourth-order valence-electron chi connectivity index (χ4n) is 3.82. The quantitative estimate of drug-likeness (QED) is 0.872. The van der Waals surface area contributed by atoms with Crippen LogP contribution in [0.15, 0.2) is 24.3 Å². The Kier molecular flexibility index (Phi) is 5.74. The Labute approximate surface area is 156 Å². The van der Waals surface area contributed by atoms with Crippen LogP contribution < -0.4 is 5.73 Å². The van der Waals surface area contributed by atoms with Crippen LogP contribution >= 0.6 is 0 Å². The molecule has 2 amide bonds. The van der Waals surface area contributed by atoms with Crippen LogP contribution in [-0.4, -0.2) is 53.8 Å². The first-order valence-electron chi connectivity index (χ1n) is 9.25. The van der Waals surface area contributed by atoms with Crippen LogP contribution in [0.5, 0.6) is 0 Å². The van der Waals surface area contributed by atoms with Gasteiger partial charge in [-0.05, 0) is 43.0 Å². The molecule has 0 unspecified atom stereocenters. The van der Waals surface area contributed by atoms with E-state index in [1.54, 1.807) is 9.80 Å². The maximum atomic E-state index is 12.6. The molecular weight excluding hydrogens is 359 g/mol. The lowest BCUT2D eigenvalue weighted by Gasteiger charge is -2.35. The highest BCUT2D eigenvalue weighted by Crippen LogP contribution is 2.29. The van der Waals surface area contributed by atoms with Gasteiger partial charge in [-0.1, -0.05) is 6.42 Å². The molecule has 2 fully saturated rings.